The number of carbonyl (C=O) groups excluding carboxylic acids is 1. The second-order valence-corrected chi connectivity index (χ2v) is 7.11. The molecule has 3 aromatic rings. The van der Waals surface area contributed by atoms with Crippen LogP contribution in [0.2, 0.25) is 10.0 Å². The number of rotatable bonds is 3. The second kappa shape index (κ2) is 7.10. The summed E-state index contributed by atoms with van der Waals surface area (Å²) in [5, 5.41) is 11.9. The first kappa shape index (κ1) is 17.7. The summed E-state index contributed by atoms with van der Waals surface area (Å²) >= 11 is 12.0. The number of aliphatic hydroxyl groups excluding tert-OH is 1. The minimum absolute atomic E-state index is 0.254. The molecule has 1 aliphatic heterocycles. The third-order valence-corrected chi connectivity index (χ3v) is 5.09. The number of amides is 1. The van der Waals surface area contributed by atoms with Gasteiger partial charge in [0.15, 0.2) is 5.76 Å². The van der Waals surface area contributed by atoms with E-state index in [1.54, 1.807) is 41.3 Å². The predicted octanol–water partition coefficient (Wildman–Crippen LogP) is 6.05. The Morgan fingerprint density at radius 2 is 1.33 bits per heavy atom. The maximum Gasteiger partial charge on any atom is 0.294 e. The third kappa shape index (κ3) is 3.20. The molecule has 0 bridgehead atoms. The highest BCUT2D eigenvalue weighted by atomic mass is 35.5. The van der Waals surface area contributed by atoms with Gasteiger partial charge in [0, 0.05) is 21.3 Å². The summed E-state index contributed by atoms with van der Waals surface area (Å²) in [5.41, 5.74) is 2.87. The fourth-order valence-electron chi connectivity index (χ4n) is 3.35. The number of nitrogens with zero attached hydrogens (tertiary/aromatic N) is 1. The number of anilines is 1. The molecule has 4 rings (SSSR count). The van der Waals surface area contributed by atoms with Crippen LogP contribution >= 0.6 is 23.2 Å². The first-order valence-electron chi connectivity index (χ1n) is 8.39. The Bertz CT molecular complexity index is 1010. The summed E-state index contributed by atoms with van der Waals surface area (Å²) in [7, 11) is 0. The quantitative estimate of drug-likeness (QED) is 0.586. The van der Waals surface area contributed by atoms with Crippen LogP contribution < -0.4 is 4.90 Å². The maximum atomic E-state index is 13.0. The molecule has 0 saturated carbocycles. The summed E-state index contributed by atoms with van der Waals surface area (Å²) < 4.78 is 0. The number of benzene rings is 3. The normalized spacial score (nSPS) is 16.9. The number of hydrogen-bond donors (Lipinski definition) is 1. The Morgan fingerprint density at radius 1 is 0.778 bits per heavy atom. The zero-order valence-corrected chi connectivity index (χ0v) is 15.7. The lowest BCUT2D eigenvalue weighted by atomic mass is 9.93. The van der Waals surface area contributed by atoms with Crippen molar-refractivity contribution < 1.29 is 9.90 Å². The van der Waals surface area contributed by atoms with Crippen LogP contribution in [0, 0.1) is 0 Å². The first-order chi connectivity index (χ1) is 13.1. The highest BCUT2D eigenvalue weighted by molar-refractivity contribution is 6.31. The molecule has 1 aliphatic rings. The molecule has 3 aromatic carbocycles. The van der Waals surface area contributed by atoms with Crippen molar-refractivity contribution >= 4 is 40.4 Å². The third-order valence-electron chi connectivity index (χ3n) is 4.58. The Morgan fingerprint density at radius 3 is 1.93 bits per heavy atom. The average molecular weight is 396 g/mol. The van der Waals surface area contributed by atoms with E-state index in [4.69, 9.17) is 23.2 Å². The summed E-state index contributed by atoms with van der Waals surface area (Å²) in [5.74, 6) is -0.702. The van der Waals surface area contributed by atoms with Crippen LogP contribution in [0.1, 0.15) is 17.2 Å². The van der Waals surface area contributed by atoms with Crippen molar-refractivity contribution in [3.05, 3.63) is 106 Å². The summed E-state index contributed by atoms with van der Waals surface area (Å²) in [6.07, 6.45) is 0. The molecule has 0 radical (unpaired) electrons. The Balaban J connectivity index is 1.90. The lowest BCUT2D eigenvalue weighted by molar-refractivity contribution is -0.117. The molecule has 1 heterocycles. The minimum Gasteiger partial charge on any atom is -0.503 e. The Labute approximate surface area is 167 Å². The van der Waals surface area contributed by atoms with Crippen molar-refractivity contribution in [2.75, 3.05) is 4.90 Å². The fraction of sp³-hybridized carbons (Fsp3) is 0.0455. The van der Waals surface area contributed by atoms with Crippen molar-refractivity contribution in [1.82, 2.24) is 0 Å². The summed E-state index contributed by atoms with van der Waals surface area (Å²) in [4.78, 5) is 14.6. The molecule has 0 saturated heterocycles. The van der Waals surface area contributed by atoms with Crippen molar-refractivity contribution in [2.24, 2.45) is 0 Å². The zero-order chi connectivity index (χ0) is 19.0. The lowest BCUT2D eigenvalue weighted by Crippen LogP contribution is -2.30. The molecular formula is C22H15Cl2NO2. The van der Waals surface area contributed by atoms with Crippen LogP contribution in [0.3, 0.4) is 0 Å². The van der Waals surface area contributed by atoms with E-state index in [-0.39, 0.29) is 5.76 Å². The highest BCUT2D eigenvalue weighted by Gasteiger charge is 2.41. The van der Waals surface area contributed by atoms with Gasteiger partial charge in [0.2, 0.25) is 0 Å². The second-order valence-electron chi connectivity index (χ2n) is 6.23. The molecule has 134 valence electrons. The summed E-state index contributed by atoms with van der Waals surface area (Å²) in [6.45, 7) is 0. The van der Waals surface area contributed by atoms with Gasteiger partial charge in [-0.25, -0.2) is 0 Å². The van der Waals surface area contributed by atoms with Crippen LogP contribution in [0.4, 0.5) is 5.69 Å². The van der Waals surface area contributed by atoms with Crippen molar-refractivity contribution in [3.63, 3.8) is 0 Å². The number of aliphatic hydroxyl groups is 1. The van der Waals surface area contributed by atoms with Gasteiger partial charge in [0.25, 0.3) is 5.91 Å². The molecule has 0 spiro atoms. The van der Waals surface area contributed by atoms with Crippen LogP contribution in [-0.2, 0) is 4.79 Å². The van der Waals surface area contributed by atoms with Gasteiger partial charge in [-0.1, -0.05) is 65.7 Å². The van der Waals surface area contributed by atoms with Crippen LogP contribution in [0.5, 0.6) is 0 Å². The smallest absolute Gasteiger partial charge is 0.294 e. The topological polar surface area (TPSA) is 40.5 Å². The summed E-state index contributed by atoms with van der Waals surface area (Å²) in [6, 6.07) is 23.2. The van der Waals surface area contributed by atoms with Gasteiger partial charge < -0.3 is 5.11 Å². The molecule has 3 nitrogen and oxygen atoms in total. The largest absolute Gasteiger partial charge is 0.503 e. The van der Waals surface area contributed by atoms with E-state index in [9.17, 15) is 9.90 Å². The average Bonchev–Trinajstić information content (AvgIpc) is 2.95. The Kier molecular flexibility index (Phi) is 4.65. The molecule has 0 aliphatic carbocycles. The fourth-order valence-corrected chi connectivity index (χ4v) is 3.60. The van der Waals surface area contributed by atoms with Gasteiger partial charge in [0.05, 0.1) is 6.04 Å². The van der Waals surface area contributed by atoms with E-state index >= 15 is 0 Å². The van der Waals surface area contributed by atoms with Crippen molar-refractivity contribution in [3.8, 4) is 0 Å². The van der Waals surface area contributed by atoms with Gasteiger partial charge in [-0.3, -0.25) is 9.69 Å². The van der Waals surface area contributed by atoms with E-state index in [2.05, 4.69) is 0 Å². The van der Waals surface area contributed by atoms with E-state index < -0.39 is 11.9 Å². The van der Waals surface area contributed by atoms with E-state index in [0.717, 1.165) is 11.1 Å². The standard InChI is InChI=1S/C22H15Cl2NO2/c23-16-8-6-15(7-9-16)20-19(14-4-2-1-3-5-14)21(26)22(27)25(20)18-12-10-17(24)11-13-18/h1-13,20,26H/t20-/m1/s1. The maximum absolute atomic E-state index is 13.0. The minimum atomic E-state index is -0.474. The highest BCUT2D eigenvalue weighted by Crippen LogP contribution is 2.45. The molecule has 5 heteroatoms. The molecule has 1 amide bonds. The molecule has 1 N–H and O–H groups in total. The van der Waals surface area contributed by atoms with Crippen LogP contribution in [0.25, 0.3) is 5.57 Å². The van der Waals surface area contributed by atoms with Crippen molar-refractivity contribution in [2.45, 2.75) is 6.04 Å². The molecule has 0 fully saturated rings. The predicted molar refractivity (Wildman–Crippen MR) is 109 cm³/mol. The molecule has 0 aromatic heterocycles. The van der Waals surface area contributed by atoms with Gasteiger partial charge in [0.1, 0.15) is 0 Å². The van der Waals surface area contributed by atoms with Crippen LogP contribution in [-0.4, -0.2) is 11.0 Å². The van der Waals surface area contributed by atoms with E-state index in [1.807, 2.05) is 42.5 Å². The zero-order valence-electron chi connectivity index (χ0n) is 14.1. The molecule has 0 unspecified atom stereocenters. The van der Waals surface area contributed by atoms with Gasteiger partial charge in [-0.2, -0.15) is 0 Å². The number of carbonyl (C=O) groups is 1. The van der Waals surface area contributed by atoms with Gasteiger partial charge in [-0.15, -0.1) is 0 Å². The number of hydrogen-bond acceptors (Lipinski definition) is 2. The van der Waals surface area contributed by atoms with E-state index in [1.165, 1.54) is 0 Å². The number of halogens is 2. The first-order valence-corrected chi connectivity index (χ1v) is 9.15. The van der Waals surface area contributed by atoms with Gasteiger partial charge in [-0.05, 0) is 47.5 Å². The monoisotopic (exact) mass is 395 g/mol. The molecule has 1 atom stereocenters. The van der Waals surface area contributed by atoms with Crippen LogP contribution in [0.15, 0.2) is 84.6 Å². The SMILES string of the molecule is O=C1C(O)=C(c2ccccc2)[C@@H](c2ccc(Cl)cc2)N1c1ccc(Cl)cc1. The molecule has 27 heavy (non-hydrogen) atoms. The lowest BCUT2D eigenvalue weighted by Gasteiger charge is -2.27. The van der Waals surface area contributed by atoms with Gasteiger partial charge >= 0.3 is 0 Å². The molecular weight excluding hydrogens is 381 g/mol. The Hall–Kier alpha value is -2.75. The van der Waals surface area contributed by atoms with Crippen molar-refractivity contribution in [1.29, 1.82) is 0 Å². The van der Waals surface area contributed by atoms with E-state index in [0.29, 0.717) is 21.3 Å².